The number of hydrogen-bond donors (Lipinski definition) is 0. The second kappa shape index (κ2) is 8.12. The summed E-state index contributed by atoms with van der Waals surface area (Å²) in [5.74, 6) is -2.53. The van der Waals surface area contributed by atoms with Crippen LogP contribution in [-0.2, 0) is 16.2 Å². The van der Waals surface area contributed by atoms with Gasteiger partial charge in [0.15, 0.2) is 0 Å². The normalized spacial score (nSPS) is 16.0. The van der Waals surface area contributed by atoms with Crippen molar-refractivity contribution in [3.8, 4) is 0 Å². The van der Waals surface area contributed by atoms with Crippen LogP contribution < -0.4 is 0 Å². The first kappa shape index (κ1) is 22.4. The summed E-state index contributed by atoms with van der Waals surface area (Å²) in [6, 6.07) is 4.68. The number of sulfonamides is 1. The molecule has 1 saturated heterocycles. The molecule has 0 unspecified atom stereocenters. The number of carbonyl (C=O) groups excluding carboxylic acids is 1. The summed E-state index contributed by atoms with van der Waals surface area (Å²) in [5.41, 5.74) is -1.76. The quantitative estimate of drug-likeness (QED) is 0.644. The Labute approximate surface area is 173 Å². The van der Waals surface area contributed by atoms with E-state index in [9.17, 15) is 35.2 Å². The van der Waals surface area contributed by atoms with Crippen molar-refractivity contribution in [1.29, 1.82) is 0 Å². The number of halogens is 6. The fourth-order valence-electron chi connectivity index (χ4n) is 2.99. The summed E-state index contributed by atoms with van der Waals surface area (Å²) in [7, 11) is -4.29. The fourth-order valence-corrected chi connectivity index (χ4v) is 4.67. The van der Waals surface area contributed by atoms with E-state index in [1.165, 1.54) is 0 Å². The van der Waals surface area contributed by atoms with Gasteiger partial charge < -0.3 is 4.90 Å². The zero-order valence-electron chi connectivity index (χ0n) is 15.1. The summed E-state index contributed by atoms with van der Waals surface area (Å²) in [6.45, 7) is -0.745. The smallest absolute Gasteiger partial charge is 0.336 e. The second-order valence-corrected chi connectivity index (χ2v) is 8.81. The van der Waals surface area contributed by atoms with Crippen LogP contribution in [0, 0.1) is 11.6 Å². The first-order valence-corrected chi connectivity index (χ1v) is 10.3. The molecule has 0 aromatic heterocycles. The summed E-state index contributed by atoms with van der Waals surface area (Å²) in [5, 5.41) is -0.631. The maximum atomic E-state index is 13.8. The van der Waals surface area contributed by atoms with Crippen molar-refractivity contribution in [2.75, 3.05) is 26.2 Å². The lowest BCUT2D eigenvalue weighted by Gasteiger charge is -2.34. The molecule has 12 heteroatoms. The number of alkyl halides is 3. The second-order valence-electron chi connectivity index (χ2n) is 6.46. The van der Waals surface area contributed by atoms with Crippen molar-refractivity contribution in [3.63, 3.8) is 0 Å². The van der Waals surface area contributed by atoms with Crippen LogP contribution in [0.5, 0.6) is 0 Å². The number of carbonyl (C=O) groups is 1. The van der Waals surface area contributed by atoms with Gasteiger partial charge in [0.25, 0.3) is 5.91 Å². The van der Waals surface area contributed by atoms with Gasteiger partial charge in [-0.1, -0.05) is 11.6 Å². The van der Waals surface area contributed by atoms with E-state index in [0.29, 0.717) is 6.07 Å². The van der Waals surface area contributed by atoms with E-state index in [0.717, 1.165) is 39.5 Å². The number of piperazine rings is 1. The molecular weight excluding hydrogens is 455 g/mol. The van der Waals surface area contributed by atoms with Crippen molar-refractivity contribution in [3.05, 3.63) is 64.2 Å². The number of rotatable bonds is 3. The van der Waals surface area contributed by atoms with Crippen LogP contribution in [-0.4, -0.2) is 49.7 Å². The Balaban J connectivity index is 1.77. The number of benzene rings is 2. The molecule has 5 nitrogen and oxygen atoms in total. The van der Waals surface area contributed by atoms with E-state index in [1.807, 2.05) is 0 Å². The van der Waals surface area contributed by atoms with Gasteiger partial charge in [0.1, 0.15) is 11.6 Å². The highest BCUT2D eigenvalue weighted by Crippen LogP contribution is 2.36. The van der Waals surface area contributed by atoms with Crippen LogP contribution in [0.1, 0.15) is 15.9 Å². The summed E-state index contributed by atoms with van der Waals surface area (Å²) >= 11 is 5.52. The van der Waals surface area contributed by atoms with Crippen molar-refractivity contribution in [2.45, 2.75) is 11.1 Å². The molecule has 1 fully saturated rings. The van der Waals surface area contributed by atoms with Crippen LogP contribution in [0.3, 0.4) is 0 Å². The lowest BCUT2D eigenvalue weighted by molar-refractivity contribution is -0.137. The molecule has 0 aliphatic carbocycles. The predicted octanol–water partition coefficient (Wildman–Crippen LogP) is 3.78. The zero-order chi connectivity index (χ0) is 22.3. The summed E-state index contributed by atoms with van der Waals surface area (Å²) < 4.78 is 92.6. The molecule has 2 aromatic rings. The van der Waals surface area contributed by atoms with Crippen molar-refractivity contribution in [1.82, 2.24) is 9.21 Å². The van der Waals surface area contributed by atoms with E-state index in [1.54, 1.807) is 0 Å². The molecule has 0 atom stereocenters. The van der Waals surface area contributed by atoms with E-state index in [-0.39, 0.29) is 26.2 Å². The third kappa shape index (κ3) is 4.42. The molecule has 3 rings (SSSR count). The van der Waals surface area contributed by atoms with Gasteiger partial charge in [0, 0.05) is 26.2 Å². The molecule has 0 saturated carbocycles. The first-order valence-electron chi connectivity index (χ1n) is 8.52. The number of nitrogens with zero attached hydrogens (tertiary/aromatic N) is 2. The minimum absolute atomic E-state index is 0.145. The lowest BCUT2D eigenvalue weighted by atomic mass is 10.1. The molecule has 0 bridgehead atoms. The topological polar surface area (TPSA) is 57.7 Å². The Bertz CT molecular complexity index is 1080. The minimum Gasteiger partial charge on any atom is -0.336 e. The average molecular weight is 469 g/mol. The molecule has 2 aromatic carbocycles. The fraction of sp³-hybridized carbons (Fsp3) is 0.278. The highest BCUT2D eigenvalue weighted by Gasteiger charge is 2.36. The Morgan fingerprint density at radius 3 is 2.20 bits per heavy atom. The van der Waals surface area contributed by atoms with Gasteiger partial charge in [0.05, 0.1) is 21.0 Å². The Kier molecular flexibility index (Phi) is 6.08. The molecule has 30 heavy (non-hydrogen) atoms. The van der Waals surface area contributed by atoms with Crippen LogP contribution in [0.25, 0.3) is 0 Å². The minimum atomic E-state index is -4.83. The largest absolute Gasteiger partial charge is 0.417 e. The van der Waals surface area contributed by atoms with Crippen LogP contribution in [0.4, 0.5) is 22.0 Å². The SMILES string of the molecule is O=C(c1cc(F)ccc1F)N1CCN(S(=O)(=O)c2ccc(Cl)c(C(F)(F)F)c2)CC1. The van der Waals surface area contributed by atoms with Gasteiger partial charge in [-0.2, -0.15) is 17.5 Å². The third-order valence-corrected chi connectivity index (χ3v) is 6.79. The maximum Gasteiger partial charge on any atom is 0.417 e. The van der Waals surface area contributed by atoms with Crippen LogP contribution in [0.2, 0.25) is 5.02 Å². The molecule has 1 heterocycles. The summed E-state index contributed by atoms with van der Waals surface area (Å²) in [6.07, 6.45) is -4.83. The molecule has 162 valence electrons. The first-order chi connectivity index (χ1) is 13.9. The molecule has 0 spiro atoms. The highest BCUT2D eigenvalue weighted by molar-refractivity contribution is 7.89. The Morgan fingerprint density at radius 2 is 1.60 bits per heavy atom. The van der Waals surface area contributed by atoms with Crippen molar-refractivity contribution in [2.24, 2.45) is 0 Å². The summed E-state index contributed by atoms with van der Waals surface area (Å²) in [4.78, 5) is 13.0. The Morgan fingerprint density at radius 1 is 0.967 bits per heavy atom. The van der Waals surface area contributed by atoms with Gasteiger partial charge in [-0.3, -0.25) is 4.79 Å². The van der Waals surface area contributed by atoms with Gasteiger partial charge >= 0.3 is 6.18 Å². The number of amides is 1. The van der Waals surface area contributed by atoms with Gasteiger partial charge in [-0.25, -0.2) is 17.2 Å². The van der Waals surface area contributed by atoms with Gasteiger partial charge in [0.2, 0.25) is 10.0 Å². The van der Waals surface area contributed by atoms with Crippen molar-refractivity contribution >= 4 is 27.5 Å². The van der Waals surface area contributed by atoms with Gasteiger partial charge in [-0.05, 0) is 36.4 Å². The molecule has 0 radical (unpaired) electrons. The molecule has 1 aliphatic heterocycles. The lowest BCUT2D eigenvalue weighted by Crippen LogP contribution is -2.50. The zero-order valence-corrected chi connectivity index (χ0v) is 16.7. The molecule has 1 aliphatic rings. The monoisotopic (exact) mass is 468 g/mol. The molecule has 0 N–H and O–H groups in total. The Hall–Kier alpha value is -2.24. The molecule has 1 amide bonds. The molecular formula is C18H14ClF5N2O3S. The van der Waals surface area contributed by atoms with Crippen LogP contribution >= 0.6 is 11.6 Å². The highest BCUT2D eigenvalue weighted by atomic mass is 35.5. The van der Waals surface area contributed by atoms with E-state index < -0.39 is 54.8 Å². The standard InChI is InChI=1S/C18H14ClF5N2O3S/c19-15-3-2-12(10-14(15)18(22,23)24)30(28,29)26-7-5-25(6-8-26)17(27)13-9-11(20)1-4-16(13)21/h1-4,9-10H,5-8H2. The number of hydrogen-bond acceptors (Lipinski definition) is 3. The average Bonchev–Trinajstić information content (AvgIpc) is 2.68. The predicted molar refractivity (Wildman–Crippen MR) is 97.5 cm³/mol. The van der Waals surface area contributed by atoms with Crippen molar-refractivity contribution < 1.29 is 35.2 Å². The van der Waals surface area contributed by atoms with Crippen LogP contribution in [0.15, 0.2) is 41.3 Å². The third-order valence-electron chi connectivity index (χ3n) is 4.57. The van der Waals surface area contributed by atoms with E-state index >= 15 is 0 Å². The maximum absolute atomic E-state index is 13.8. The van der Waals surface area contributed by atoms with E-state index in [2.05, 4.69) is 0 Å². The van der Waals surface area contributed by atoms with Gasteiger partial charge in [-0.15, -0.1) is 0 Å². The van der Waals surface area contributed by atoms with E-state index in [4.69, 9.17) is 11.6 Å².